The molecule has 2 aliphatic heterocycles. The zero-order chi connectivity index (χ0) is 30.3. The molecular weight excluding hydrogens is 544 g/mol. The van der Waals surface area contributed by atoms with Gasteiger partial charge in [0.1, 0.15) is 41.9 Å². The molecular formula is C25H48N6O10. The lowest BCUT2D eigenvalue weighted by molar-refractivity contribution is -0.304. The second-order valence-electron chi connectivity index (χ2n) is 11.0. The van der Waals surface area contributed by atoms with E-state index in [9.17, 15) is 25.2 Å². The molecule has 3 aliphatic rings. The summed E-state index contributed by atoms with van der Waals surface area (Å²) in [5, 5.41) is 60.7. The van der Waals surface area contributed by atoms with Crippen molar-refractivity contribution in [2.75, 3.05) is 39.9 Å². The third-order valence-electron chi connectivity index (χ3n) is 7.63. The van der Waals surface area contributed by atoms with Crippen LogP contribution >= 0.6 is 0 Å². The SMILES string of the molecule is CN[C@@H]1[C@@H](O)[C@@H](O[C@@H]2[C@@H](O)[C@H](O[C@H]3OC(CNCCO)=CC[C@H]3N)[C@@H](N)C[C@H]2NC(=O)[C@H](O)CCN)OC[C@]1(C)O. The highest BCUT2D eigenvalue weighted by molar-refractivity contribution is 5.80. The van der Waals surface area contributed by atoms with Gasteiger partial charge in [0.25, 0.3) is 0 Å². The molecule has 14 N–H and O–H groups in total. The average Bonchev–Trinajstić information content (AvgIpc) is 2.91. The fraction of sp³-hybridized carbons (Fsp3) is 0.880. The van der Waals surface area contributed by atoms with Crippen LogP contribution in [0.3, 0.4) is 0 Å². The largest absolute Gasteiger partial charge is 0.467 e. The molecule has 1 saturated heterocycles. The number of aliphatic hydroxyl groups excluding tert-OH is 4. The highest BCUT2D eigenvalue weighted by Crippen LogP contribution is 2.32. The molecule has 16 heteroatoms. The summed E-state index contributed by atoms with van der Waals surface area (Å²) >= 11 is 0. The number of nitrogens with one attached hydrogen (secondary N) is 3. The van der Waals surface area contributed by atoms with Crippen LogP contribution in [0, 0.1) is 0 Å². The number of aliphatic hydroxyl groups is 5. The summed E-state index contributed by atoms with van der Waals surface area (Å²) < 4.78 is 23.7. The van der Waals surface area contributed by atoms with Gasteiger partial charge in [-0.2, -0.15) is 0 Å². The maximum absolute atomic E-state index is 12.7. The Morgan fingerprint density at radius 3 is 2.56 bits per heavy atom. The molecule has 0 aromatic carbocycles. The highest BCUT2D eigenvalue weighted by atomic mass is 16.7. The molecule has 12 atom stereocenters. The predicted octanol–water partition coefficient (Wildman–Crippen LogP) is -5.36. The molecule has 0 bridgehead atoms. The van der Waals surface area contributed by atoms with Crippen LogP contribution in [0.25, 0.3) is 0 Å². The minimum atomic E-state index is -1.46. The normalized spacial score (nSPS) is 40.4. The summed E-state index contributed by atoms with van der Waals surface area (Å²) in [6, 6.07) is -3.12. The molecule has 0 aromatic rings. The quantitative estimate of drug-likeness (QED) is 0.0891. The van der Waals surface area contributed by atoms with Gasteiger partial charge in [0.05, 0.1) is 37.9 Å². The Morgan fingerprint density at radius 2 is 1.90 bits per heavy atom. The van der Waals surface area contributed by atoms with E-state index in [4.69, 9.17) is 41.3 Å². The summed E-state index contributed by atoms with van der Waals surface area (Å²) in [5.41, 5.74) is 16.7. The van der Waals surface area contributed by atoms with E-state index in [1.54, 1.807) is 7.05 Å². The van der Waals surface area contributed by atoms with Crippen molar-refractivity contribution >= 4 is 5.91 Å². The molecule has 41 heavy (non-hydrogen) atoms. The summed E-state index contributed by atoms with van der Waals surface area (Å²) in [7, 11) is 1.57. The molecule has 0 aromatic heterocycles. The first-order chi connectivity index (χ1) is 19.4. The molecule has 1 amide bonds. The zero-order valence-corrected chi connectivity index (χ0v) is 23.6. The molecule has 0 spiro atoms. The Labute approximate surface area is 239 Å². The molecule has 16 nitrogen and oxygen atoms in total. The fourth-order valence-electron chi connectivity index (χ4n) is 5.38. The molecule has 0 radical (unpaired) electrons. The third kappa shape index (κ3) is 8.54. The Morgan fingerprint density at radius 1 is 1.20 bits per heavy atom. The van der Waals surface area contributed by atoms with Gasteiger partial charge in [-0.15, -0.1) is 0 Å². The Bertz CT molecular complexity index is 869. The van der Waals surface area contributed by atoms with Crippen LogP contribution in [0.15, 0.2) is 11.8 Å². The molecule has 2 fully saturated rings. The fourth-order valence-corrected chi connectivity index (χ4v) is 5.38. The van der Waals surface area contributed by atoms with Crippen molar-refractivity contribution in [3.63, 3.8) is 0 Å². The Hall–Kier alpha value is -1.51. The first-order valence-electron chi connectivity index (χ1n) is 14.0. The van der Waals surface area contributed by atoms with Crippen LogP contribution in [0.2, 0.25) is 0 Å². The number of carbonyl (C=O) groups is 1. The average molecular weight is 593 g/mol. The monoisotopic (exact) mass is 592 g/mol. The number of rotatable bonds is 13. The van der Waals surface area contributed by atoms with Gasteiger partial charge < -0.3 is 77.6 Å². The Balaban J connectivity index is 1.79. The predicted molar refractivity (Wildman–Crippen MR) is 145 cm³/mol. The third-order valence-corrected chi connectivity index (χ3v) is 7.63. The molecule has 0 unspecified atom stereocenters. The molecule has 2 heterocycles. The van der Waals surface area contributed by atoms with Crippen molar-refractivity contribution in [2.24, 2.45) is 17.2 Å². The van der Waals surface area contributed by atoms with E-state index in [0.29, 0.717) is 25.3 Å². The standard InChI is InChI=1S/C25H48N6O10/c1-25(37)11-38-24(18(35)21(25)29-2)41-20-15(31-22(36)16(33)5-6-26)9-14(28)19(17(20)34)40-23-13(27)4-3-12(39-23)10-30-7-8-32/h3,13-21,23-24,29-30,32-35,37H,4-11,26-28H2,1-2H3,(H,31,36)/t13-,14+,15-,16-,17+,18-,19-,20+,21-,23-,24-,25+/m1/s1. The zero-order valence-electron chi connectivity index (χ0n) is 23.6. The van der Waals surface area contributed by atoms with Crippen molar-refractivity contribution in [2.45, 2.75) is 99.1 Å². The number of carbonyl (C=O) groups excluding carboxylic acids is 1. The van der Waals surface area contributed by atoms with Crippen LogP contribution in [0.1, 0.15) is 26.2 Å². The van der Waals surface area contributed by atoms with Gasteiger partial charge in [0.15, 0.2) is 6.29 Å². The van der Waals surface area contributed by atoms with Gasteiger partial charge in [0.2, 0.25) is 12.2 Å². The number of nitrogens with two attached hydrogens (primary N) is 3. The minimum Gasteiger partial charge on any atom is -0.467 e. The van der Waals surface area contributed by atoms with Crippen molar-refractivity contribution in [3.8, 4) is 0 Å². The maximum Gasteiger partial charge on any atom is 0.249 e. The lowest BCUT2D eigenvalue weighted by Gasteiger charge is -2.48. The number of hydrogen-bond acceptors (Lipinski definition) is 15. The lowest BCUT2D eigenvalue weighted by atomic mass is 9.83. The topological polar surface area (TPSA) is 269 Å². The number of hydrogen-bond donors (Lipinski definition) is 11. The summed E-state index contributed by atoms with van der Waals surface area (Å²) in [6.45, 7) is 2.07. The van der Waals surface area contributed by atoms with E-state index in [1.165, 1.54) is 6.92 Å². The van der Waals surface area contributed by atoms with Crippen molar-refractivity contribution < 1.29 is 49.3 Å². The molecule has 1 saturated carbocycles. The van der Waals surface area contributed by atoms with Gasteiger partial charge in [-0.1, -0.05) is 0 Å². The van der Waals surface area contributed by atoms with Crippen LogP contribution in [-0.4, -0.2) is 144 Å². The van der Waals surface area contributed by atoms with Gasteiger partial charge in [-0.05, 0) is 45.9 Å². The first kappa shape index (κ1) is 34.0. The van der Waals surface area contributed by atoms with E-state index >= 15 is 0 Å². The number of amides is 1. The van der Waals surface area contributed by atoms with Crippen LogP contribution in [0.4, 0.5) is 0 Å². The second-order valence-corrected chi connectivity index (χ2v) is 11.0. The number of likely N-dealkylation sites (N-methyl/N-ethyl adjacent to an activating group) is 1. The van der Waals surface area contributed by atoms with Crippen molar-refractivity contribution in [3.05, 3.63) is 11.8 Å². The molecule has 1 aliphatic carbocycles. The van der Waals surface area contributed by atoms with E-state index in [-0.39, 0.29) is 32.6 Å². The maximum atomic E-state index is 12.7. The van der Waals surface area contributed by atoms with Crippen LogP contribution in [-0.2, 0) is 23.7 Å². The molecule has 238 valence electrons. The van der Waals surface area contributed by atoms with E-state index in [2.05, 4.69) is 16.0 Å². The van der Waals surface area contributed by atoms with Crippen LogP contribution < -0.4 is 33.2 Å². The van der Waals surface area contributed by atoms with E-state index < -0.39 is 78.8 Å². The Kier molecular flexibility index (Phi) is 12.7. The highest BCUT2D eigenvalue weighted by Gasteiger charge is 2.51. The van der Waals surface area contributed by atoms with Gasteiger partial charge >= 0.3 is 0 Å². The van der Waals surface area contributed by atoms with E-state index in [0.717, 1.165) is 0 Å². The van der Waals surface area contributed by atoms with Crippen LogP contribution in [0.5, 0.6) is 0 Å². The van der Waals surface area contributed by atoms with E-state index in [1.807, 2.05) is 6.08 Å². The summed E-state index contributed by atoms with van der Waals surface area (Å²) in [6.07, 6.45) is -6.40. The smallest absolute Gasteiger partial charge is 0.249 e. The lowest BCUT2D eigenvalue weighted by Crippen LogP contribution is -2.69. The minimum absolute atomic E-state index is 0.0216. The summed E-state index contributed by atoms with van der Waals surface area (Å²) in [5.74, 6) is -0.170. The van der Waals surface area contributed by atoms with Gasteiger partial charge in [0, 0.05) is 12.6 Å². The second kappa shape index (κ2) is 15.3. The first-order valence-corrected chi connectivity index (χ1v) is 14.0. The van der Waals surface area contributed by atoms with Gasteiger partial charge in [-0.25, -0.2) is 0 Å². The number of ether oxygens (including phenoxy) is 4. The molecule has 3 rings (SSSR count). The van der Waals surface area contributed by atoms with Crippen molar-refractivity contribution in [1.29, 1.82) is 0 Å². The van der Waals surface area contributed by atoms with Gasteiger partial charge in [-0.3, -0.25) is 4.79 Å². The summed E-state index contributed by atoms with van der Waals surface area (Å²) in [4.78, 5) is 12.7. The van der Waals surface area contributed by atoms with Crippen molar-refractivity contribution in [1.82, 2.24) is 16.0 Å².